The van der Waals surface area contributed by atoms with Crippen LogP contribution in [0.4, 0.5) is 0 Å². The summed E-state index contributed by atoms with van der Waals surface area (Å²) in [5.41, 5.74) is 0. The Labute approximate surface area is 155 Å². The normalized spacial score (nSPS) is 11.4. The van der Waals surface area contributed by atoms with Crippen LogP contribution in [-0.2, 0) is 19.1 Å². The third-order valence-corrected chi connectivity index (χ3v) is 3.45. The Kier molecular flexibility index (Phi) is 9.08. The molecular weight excluding hydrogens is 371 g/mol. The smallest absolute Gasteiger partial charge is 0.344 e. The quantitative estimate of drug-likeness (QED) is 0.628. The molecule has 138 valence electrons. The Morgan fingerprint density at radius 3 is 2.56 bits per heavy atom. The third-order valence-electron chi connectivity index (χ3n) is 2.92. The highest BCUT2D eigenvalue weighted by atomic mass is 35.5. The van der Waals surface area contributed by atoms with Crippen molar-refractivity contribution in [1.82, 2.24) is 10.6 Å². The molecule has 7 nitrogen and oxygen atoms in total. The maximum Gasteiger partial charge on any atom is 0.344 e. The van der Waals surface area contributed by atoms with Crippen LogP contribution < -0.4 is 15.4 Å². The molecule has 25 heavy (non-hydrogen) atoms. The molecule has 0 saturated carbocycles. The second-order valence-electron chi connectivity index (χ2n) is 5.10. The summed E-state index contributed by atoms with van der Waals surface area (Å²) in [6.07, 6.45) is 0.793. The van der Waals surface area contributed by atoms with Crippen LogP contribution in [0.2, 0.25) is 10.0 Å². The van der Waals surface area contributed by atoms with Crippen LogP contribution in [0.15, 0.2) is 18.2 Å². The molecule has 9 heteroatoms. The van der Waals surface area contributed by atoms with Crippen molar-refractivity contribution >= 4 is 41.0 Å². The first-order chi connectivity index (χ1) is 11.8. The molecule has 2 N–H and O–H groups in total. The third kappa shape index (κ3) is 8.09. The van der Waals surface area contributed by atoms with Crippen molar-refractivity contribution in [2.45, 2.75) is 26.3 Å². The van der Waals surface area contributed by atoms with Gasteiger partial charge in [0.2, 0.25) is 5.91 Å². The van der Waals surface area contributed by atoms with Crippen molar-refractivity contribution < 1.29 is 23.9 Å². The Morgan fingerprint density at radius 2 is 1.92 bits per heavy atom. The van der Waals surface area contributed by atoms with Crippen LogP contribution in [0.25, 0.3) is 0 Å². The molecule has 0 radical (unpaired) electrons. The molecule has 0 saturated heterocycles. The lowest BCUT2D eigenvalue weighted by Gasteiger charge is -2.14. The lowest BCUT2D eigenvalue weighted by atomic mass is 10.3. The minimum atomic E-state index is -0.746. The van der Waals surface area contributed by atoms with Crippen LogP contribution in [0.5, 0.6) is 5.75 Å². The van der Waals surface area contributed by atoms with Crippen molar-refractivity contribution in [1.29, 1.82) is 0 Å². The van der Waals surface area contributed by atoms with E-state index in [4.69, 9.17) is 32.7 Å². The second kappa shape index (κ2) is 10.8. The summed E-state index contributed by atoms with van der Waals surface area (Å²) >= 11 is 11.7. The van der Waals surface area contributed by atoms with Gasteiger partial charge in [-0.05, 0) is 31.5 Å². The van der Waals surface area contributed by atoms with E-state index in [9.17, 15) is 14.4 Å². The van der Waals surface area contributed by atoms with E-state index >= 15 is 0 Å². The van der Waals surface area contributed by atoms with E-state index < -0.39 is 31.1 Å². The topological polar surface area (TPSA) is 93.7 Å². The molecule has 0 fully saturated rings. The van der Waals surface area contributed by atoms with E-state index in [1.807, 2.05) is 6.92 Å². The highest BCUT2D eigenvalue weighted by Gasteiger charge is 2.16. The van der Waals surface area contributed by atoms with Crippen molar-refractivity contribution in [2.24, 2.45) is 0 Å². The number of esters is 1. The summed E-state index contributed by atoms with van der Waals surface area (Å²) in [6, 6.07) is 3.83. The van der Waals surface area contributed by atoms with Gasteiger partial charge in [-0.15, -0.1) is 0 Å². The van der Waals surface area contributed by atoms with E-state index in [1.165, 1.54) is 19.1 Å². The molecule has 0 aliphatic carbocycles. The molecule has 1 atom stereocenters. The molecule has 0 spiro atoms. The number of carbonyl (C=O) groups excluding carboxylic acids is 3. The van der Waals surface area contributed by atoms with Crippen LogP contribution in [-0.4, -0.2) is 43.6 Å². The summed E-state index contributed by atoms with van der Waals surface area (Å²) in [7, 11) is 0. The molecule has 0 aliphatic heterocycles. The molecule has 1 aromatic carbocycles. The molecule has 2 amide bonds. The molecular formula is C16H20Cl2N2O5. The Morgan fingerprint density at radius 1 is 1.20 bits per heavy atom. The molecule has 0 aromatic heterocycles. The first-order valence-electron chi connectivity index (χ1n) is 7.64. The van der Waals surface area contributed by atoms with E-state index in [-0.39, 0.29) is 16.7 Å². The van der Waals surface area contributed by atoms with Gasteiger partial charge in [0.1, 0.15) is 11.8 Å². The maximum absolute atomic E-state index is 11.7. The number of hydrogen-bond acceptors (Lipinski definition) is 5. The second-order valence-corrected chi connectivity index (χ2v) is 5.95. The van der Waals surface area contributed by atoms with Crippen LogP contribution >= 0.6 is 23.2 Å². The number of amides is 2. The first kappa shape index (κ1) is 21.1. The van der Waals surface area contributed by atoms with Gasteiger partial charge in [-0.3, -0.25) is 9.59 Å². The van der Waals surface area contributed by atoms with E-state index in [0.717, 1.165) is 6.42 Å². The van der Waals surface area contributed by atoms with Gasteiger partial charge < -0.3 is 20.1 Å². The average molecular weight is 391 g/mol. The summed E-state index contributed by atoms with van der Waals surface area (Å²) in [5.74, 6) is -1.36. The lowest BCUT2D eigenvalue weighted by molar-refractivity contribution is -0.150. The average Bonchev–Trinajstić information content (AvgIpc) is 2.56. The summed E-state index contributed by atoms with van der Waals surface area (Å²) < 4.78 is 9.96. The zero-order valence-corrected chi connectivity index (χ0v) is 15.4. The zero-order chi connectivity index (χ0) is 18.8. The summed E-state index contributed by atoms with van der Waals surface area (Å²) in [6.45, 7) is 3.06. The number of hydrogen-bond donors (Lipinski definition) is 2. The predicted molar refractivity (Wildman–Crippen MR) is 93.8 cm³/mol. The van der Waals surface area contributed by atoms with Gasteiger partial charge in [0.15, 0.2) is 13.2 Å². The van der Waals surface area contributed by atoms with Crippen molar-refractivity contribution in [3.05, 3.63) is 28.2 Å². The fourth-order valence-electron chi connectivity index (χ4n) is 1.67. The number of benzene rings is 1. The van der Waals surface area contributed by atoms with Crippen LogP contribution in [0.1, 0.15) is 20.3 Å². The lowest BCUT2D eigenvalue weighted by Crippen LogP contribution is -2.46. The van der Waals surface area contributed by atoms with Crippen LogP contribution in [0, 0.1) is 0 Å². The van der Waals surface area contributed by atoms with Gasteiger partial charge in [-0.25, -0.2) is 4.79 Å². The van der Waals surface area contributed by atoms with Gasteiger partial charge in [-0.2, -0.15) is 0 Å². The van der Waals surface area contributed by atoms with Gasteiger partial charge in [-0.1, -0.05) is 30.1 Å². The highest BCUT2D eigenvalue weighted by Crippen LogP contribution is 2.27. The molecule has 1 aromatic rings. The van der Waals surface area contributed by atoms with Gasteiger partial charge in [0.25, 0.3) is 5.91 Å². The van der Waals surface area contributed by atoms with Gasteiger partial charge >= 0.3 is 5.97 Å². The zero-order valence-electron chi connectivity index (χ0n) is 13.9. The number of rotatable bonds is 9. The van der Waals surface area contributed by atoms with E-state index in [2.05, 4.69) is 10.6 Å². The SMILES string of the molecule is CCCNC(=O)[C@@H](C)NC(=O)COC(=O)COc1ccc(Cl)cc1Cl. The number of carbonyl (C=O) groups is 3. The minimum absolute atomic E-state index is 0.255. The van der Waals surface area contributed by atoms with Crippen molar-refractivity contribution in [2.75, 3.05) is 19.8 Å². The summed E-state index contributed by atoms with van der Waals surface area (Å²) in [4.78, 5) is 34.9. The molecule has 1 rings (SSSR count). The van der Waals surface area contributed by atoms with Gasteiger partial charge in [0.05, 0.1) is 5.02 Å². The largest absolute Gasteiger partial charge is 0.480 e. The van der Waals surface area contributed by atoms with E-state index in [1.54, 1.807) is 6.07 Å². The maximum atomic E-state index is 11.7. The van der Waals surface area contributed by atoms with E-state index in [0.29, 0.717) is 11.6 Å². The number of ether oxygens (including phenoxy) is 2. The molecule has 0 aliphatic rings. The monoisotopic (exact) mass is 390 g/mol. The highest BCUT2D eigenvalue weighted by molar-refractivity contribution is 6.35. The summed E-state index contributed by atoms with van der Waals surface area (Å²) in [5, 5.41) is 5.77. The fraction of sp³-hybridized carbons (Fsp3) is 0.438. The minimum Gasteiger partial charge on any atom is -0.480 e. The Balaban J connectivity index is 2.31. The van der Waals surface area contributed by atoms with Gasteiger partial charge in [0, 0.05) is 11.6 Å². The number of halogens is 2. The van der Waals surface area contributed by atoms with Crippen molar-refractivity contribution in [3.63, 3.8) is 0 Å². The Bertz CT molecular complexity index is 625. The van der Waals surface area contributed by atoms with Crippen molar-refractivity contribution in [3.8, 4) is 5.75 Å². The van der Waals surface area contributed by atoms with Crippen LogP contribution in [0.3, 0.4) is 0 Å². The predicted octanol–water partition coefficient (Wildman–Crippen LogP) is 1.95. The Hall–Kier alpha value is -1.99. The fourth-order valence-corrected chi connectivity index (χ4v) is 2.13. The standard InChI is InChI=1S/C16H20Cl2N2O5/c1-3-6-19-16(23)10(2)20-14(21)8-25-15(22)9-24-13-5-4-11(17)7-12(13)18/h4-5,7,10H,3,6,8-9H2,1-2H3,(H,19,23)(H,20,21)/t10-/m1/s1. The molecule has 0 bridgehead atoms. The molecule has 0 unspecified atom stereocenters. The number of nitrogens with one attached hydrogen (secondary N) is 2. The molecule has 0 heterocycles. The first-order valence-corrected chi connectivity index (χ1v) is 8.39.